The summed E-state index contributed by atoms with van der Waals surface area (Å²) in [5.74, 6) is -0.632. The highest BCUT2D eigenvalue weighted by molar-refractivity contribution is 7.98. The molecule has 0 fully saturated rings. The highest BCUT2D eigenvalue weighted by Gasteiger charge is 2.21. The second-order valence-corrected chi connectivity index (χ2v) is 7.21. The summed E-state index contributed by atoms with van der Waals surface area (Å²) in [7, 11) is -3.82. The summed E-state index contributed by atoms with van der Waals surface area (Å²) in [6.45, 7) is 0. The van der Waals surface area contributed by atoms with Crippen LogP contribution in [0, 0.1) is 0 Å². The van der Waals surface area contributed by atoms with Gasteiger partial charge in [0.05, 0.1) is 0 Å². The largest absolute Gasteiger partial charge is 0.480 e. The molecule has 0 heterocycles. The van der Waals surface area contributed by atoms with Crippen LogP contribution >= 0.6 is 23.4 Å². The molecule has 1 aromatic carbocycles. The molecule has 1 rings (SSSR count). The van der Waals surface area contributed by atoms with Gasteiger partial charge in [0, 0.05) is 10.4 Å². The molecule has 1 atom stereocenters. The number of carboxylic acids is 1. The third kappa shape index (κ3) is 6.99. The smallest absolute Gasteiger partial charge is 0.321 e. The van der Waals surface area contributed by atoms with E-state index in [0.717, 1.165) is 5.41 Å². The van der Waals surface area contributed by atoms with Crippen molar-refractivity contribution in [2.45, 2.75) is 12.5 Å². The molecule has 0 aliphatic heterocycles. The molecule has 5 nitrogen and oxygen atoms in total. The third-order valence-corrected chi connectivity index (χ3v) is 4.53. The van der Waals surface area contributed by atoms with Gasteiger partial charge in [0.15, 0.2) is 0 Å². The van der Waals surface area contributed by atoms with Crippen LogP contribution in [0.15, 0.2) is 29.7 Å². The molecule has 1 unspecified atom stereocenters. The van der Waals surface area contributed by atoms with Crippen LogP contribution in [0.3, 0.4) is 0 Å². The van der Waals surface area contributed by atoms with E-state index in [0.29, 0.717) is 16.3 Å². The first-order valence-corrected chi connectivity index (χ1v) is 9.33. The van der Waals surface area contributed by atoms with Crippen molar-refractivity contribution in [3.05, 3.63) is 40.3 Å². The summed E-state index contributed by atoms with van der Waals surface area (Å²) in [5, 5.41) is 10.5. The Hall–Kier alpha value is -1.02. The van der Waals surface area contributed by atoms with E-state index in [4.69, 9.17) is 16.7 Å². The number of nitrogens with one attached hydrogen (secondary N) is 1. The average Bonchev–Trinajstić information content (AvgIpc) is 2.42. The van der Waals surface area contributed by atoms with Gasteiger partial charge in [0.2, 0.25) is 10.0 Å². The van der Waals surface area contributed by atoms with Crippen LogP contribution in [0.1, 0.15) is 12.0 Å². The Kier molecular flexibility index (Phi) is 7.24. The van der Waals surface area contributed by atoms with E-state index in [-0.39, 0.29) is 6.42 Å². The van der Waals surface area contributed by atoms with Gasteiger partial charge in [-0.2, -0.15) is 16.5 Å². The topological polar surface area (TPSA) is 83.5 Å². The molecule has 0 aliphatic rings. The molecule has 0 amide bonds. The van der Waals surface area contributed by atoms with Gasteiger partial charge < -0.3 is 5.11 Å². The maximum Gasteiger partial charge on any atom is 0.321 e. The molecule has 0 radical (unpaired) electrons. The van der Waals surface area contributed by atoms with Crippen molar-refractivity contribution in [1.29, 1.82) is 0 Å². The maximum atomic E-state index is 11.9. The molecule has 21 heavy (non-hydrogen) atoms. The fourth-order valence-electron chi connectivity index (χ4n) is 1.45. The summed E-state index contributed by atoms with van der Waals surface area (Å²) in [6.07, 6.45) is 3.44. The summed E-state index contributed by atoms with van der Waals surface area (Å²) in [6, 6.07) is 5.48. The molecule has 1 aromatic rings. The summed E-state index contributed by atoms with van der Waals surface area (Å²) < 4.78 is 25.9. The Balaban J connectivity index is 2.75. The molecule has 8 heteroatoms. The standard InChI is InChI=1S/C13H16ClNO4S2/c1-20-8-6-12(13(16)17)15-21(18,19)9-7-10-2-4-11(14)5-3-10/h2-5,7,9,12,15H,6,8H2,1H3,(H,16,17)/b9-7+. The van der Waals surface area contributed by atoms with Gasteiger partial charge in [-0.1, -0.05) is 23.7 Å². The molecule has 0 aromatic heterocycles. The monoisotopic (exact) mass is 349 g/mol. The lowest BCUT2D eigenvalue weighted by Crippen LogP contribution is -2.40. The van der Waals surface area contributed by atoms with E-state index >= 15 is 0 Å². The lowest BCUT2D eigenvalue weighted by molar-refractivity contribution is -0.139. The van der Waals surface area contributed by atoms with E-state index < -0.39 is 22.0 Å². The van der Waals surface area contributed by atoms with Crippen LogP contribution in [0.2, 0.25) is 5.02 Å². The van der Waals surface area contributed by atoms with Gasteiger partial charge in [0.1, 0.15) is 6.04 Å². The molecule has 0 saturated heterocycles. The van der Waals surface area contributed by atoms with Crippen LogP contribution in [-0.4, -0.2) is 37.5 Å². The van der Waals surface area contributed by atoms with Gasteiger partial charge in [-0.3, -0.25) is 4.79 Å². The first kappa shape index (κ1) is 18.0. The first-order chi connectivity index (χ1) is 9.84. The van der Waals surface area contributed by atoms with E-state index in [1.165, 1.54) is 17.8 Å². The number of rotatable bonds is 8. The van der Waals surface area contributed by atoms with E-state index in [1.807, 2.05) is 6.26 Å². The molecule has 0 saturated carbocycles. The van der Waals surface area contributed by atoms with Crippen molar-refractivity contribution in [2.75, 3.05) is 12.0 Å². The van der Waals surface area contributed by atoms with Crippen molar-refractivity contribution >= 4 is 45.4 Å². The van der Waals surface area contributed by atoms with Crippen LogP contribution in [0.4, 0.5) is 0 Å². The number of benzene rings is 1. The summed E-state index contributed by atoms with van der Waals surface area (Å²) in [5.41, 5.74) is 0.653. The maximum absolute atomic E-state index is 11.9. The van der Waals surface area contributed by atoms with Crippen molar-refractivity contribution in [3.63, 3.8) is 0 Å². The van der Waals surface area contributed by atoms with Gasteiger partial charge >= 0.3 is 5.97 Å². The Bertz CT molecular complexity index is 599. The van der Waals surface area contributed by atoms with E-state index in [9.17, 15) is 13.2 Å². The number of hydrogen-bond acceptors (Lipinski definition) is 4. The summed E-state index contributed by atoms with van der Waals surface area (Å²) in [4.78, 5) is 11.0. The Morgan fingerprint density at radius 2 is 2.05 bits per heavy atom. The van der Waals surface area contributed by atoms with Crippen LogP contribution in [0.25, 0.3) is 6.08 Å². The molecule has 0 aliphatic carbocycles. The zero-order chi connectivity index (χ0) is 15.9. The quantitative estimate of drug-likeness (QED) is 0.753. The predicted molar refractivity (Wildman–Crippen MR) is 87.0 cm³/mol. The van der Waals surface area contributed by atoms with Gasteiger partial charge in [-0.05, 0) is 42.2 Å². The fraction of sp³-hybridized carbons (Fsp3) is 0.308. The van der Waals surface area contributed by atoms with Crippen LogP contribution in [0.5, 0.6) is 0 Å². The molecular weight excluding hydrogens is 334 g/mol. The normalized spacial score (nSPS) is 13.4. The molecule has 0 spiro atoms. The Labute approximate surface area is 133 Å². The molecular formula is C13H16ClNO4S2. The second-order valence-electron chi connectivity index (χ2n) is 4.19. The molecule has 116 valence electrons. The fourth-order valence-corrected chi connectivity index (χ4v) is 3.08. The van der Waals surface area contributed by atoms with Gasteiger partial charge in [-0.25, -0.2) is 8.42 Å². The average molecular weight is 350 g/mol. The van der Waals surface area contributed by atoms with Gasteiger partial charge in [0.25, 0.3) is 0 Å². The molecule has 0 bridgehead atoms. The third-order valence-electron chi connectivity index (χ3n) is 2.52. The Morgan fingerprint density at radius 1 is 1.43 bits per heavy atom. The van der Waals surface area contributed by atoms with Gasteiger partial charge in [-0.15, -0.1) is 0 Å². The minimum Gasteiger partial charge on any atom is -0.480 e. The number of sulfonamides is 1. The second kappa shape index (κ2) is 8.43. The number of thioether (sulfide) groups is 1. The zero-order valence-corrected chi connectivity index (χ0v) is 13.7. The predicted octanol–water partition coefficient (Wildman–Crippen LogP) is 2.44. The highest BCUT2D eigenvalue weighted by Crippen LogP contribution is 2.11. The number of aliphatic carboxylic acids is 1. The number of halogens is 1. The number of carbonyl (C=O) groups is 1. The van der Waals surface area contributed by atoms with Crippen molar-refractivity contribution < 1.29 is 18.3 Å². The van der Waals surface area contributed by atoms with Crippen LogP contribution in [-0.2, 0) is 14.8 Å². The van der Waals surface area contributed by atoms with Crippen LogP contribution < -0.4 is 4.72 Å². The van der Waals surface area contributed by atoms with E-state index in [2.05, 4.69) is 4.72 Å². The Morgan fingerprint density at radius 3 is 2.57 bits per heavy atom. The van der Waals surface area contributed by atoms with Crippen molar-refractivity contribution in [3.8, 4) is 0 Å². The SMILES string of the molecule is CSCCC(NS(=O)(=O)/C=C/c1ccc(Cl)cc1)C(=O)O. The zero-order valence-electron chi connectivity index (χ0n) is 11.3. The number of hydrogen-bond donors (Lipinski definition) is 2. The molecule has 2 N–H and O–H groups in total. The minimum atomic E-state index is -3.82. The minimum absolute atomic E-state index is 0.227. The lowest BCUT2D eigenvalue weighted by Gasteiger charge is -2.12. The number of carboxylic acid groups (broad SMARTS) is 1. The first-order valence-electron chi connectivity index (χ1n) is 6.02. The van der Waals surface area contributed by atoms with E-state index in [1.54, 1.807) is 24.3 Å². The lowest BCUT2D eigenvalue weighted by atomic mass is 10.2. The summed E-state index contributed by atoms with van der Waals surface area (Å²) >= 11 is 7.19. The highest BCUT2D eigenvalue weighted by atomic mass is 35.5. The van der Waals surface area contributed by atoms with Crippen molar-refractivity contribution in [1.82, 2.24) is 4.72 Å². The van der Waals surface area contributed by atoms with Crippen molar-refractivity contribution in [2.24, 2.45) is 0 Å².